The summed E-state index contributed by atoms with van der Waals surface area (Å²) < 4.78 is 0. The van der Waals surface area contributed by atoms with Gasteiger partial charge in [-0.2, -0.15) is 0 Å². The summed E-state index contributed by atoms with van der Waals surface area (Å²) in [6, 6.07) is 0. The summed E-state index contributed by atoms with van der Waals surface area (Å²) in [5.74, 6) is 0.821. The van der Waals surface area contributed by atoms with Gasteiger partial charge in [-0.25, -0.2) is 9.97 Å². The van der Waals surface area contributed by atoms with Gasteiger partial charge in [0.15, 0.2) is 0 Å². The predicted octanol–water partition coefficient (Wildman–Crippen LogP) is 1.08. The zero-order valence-electron chi connectivity index (χ0n) is 8.89. The summed E-state index contributed by atoms with van der Waals surface area (Å²) >= 11 is 1.32. The van der Waals surface area contributed by atoms with Crippen LogP contribution < -0.4 is 5.14 Å². The van der Waals surface area contributed by atoms with Crippen molar-refractivity contribution >= 4 is 11.9 Å². The van der Waals surface area contributed by atoms with Crippen LogP contribution in [0.3, 0.4) is 0 Å². The molecule has 1 atom stereocenters. The van der Waals surface area contributed by atoms with Gasteiger partial charge in [0.2, 0.25) is 0 Å². The number of aliphatic hydroxyl groups excluding tert-OH is 1. The molecule has 1 unspecified atom stereocenters. The van der Waals surface area contributed by atoms with Gasteiger partial charge in [0.25, 0.3) is 0 Å². The van der Waals surface area contributed by atoms with E-state index in [2.05, 4.69) is 9.97 Å². The van der Waals surface area contributed by atoms with E-state index in [4.69, 9.17) is 10.2 Å². The molecule has 4 nitrogen and oxygen atoms in total. The minimum atomic E-state index is 0.214. The van der Waals surface area contributed by atoms with Gasteiger partial charge in [0, 0.05) is 30.7 Å². The van der Waals surface area contributed by atoms with Crippen LogP contribution in [0.25, 0.3) is 0 Å². The van der Waals surface area contributed by atoms with Crippen molar-refractivity contribution in [1.82, 2.24) is 9.97 Å². The highest BCUT2D eigenvalue weighted by Crippen LogP contribution is 2.14. The van der Waals surface area contributed by atoms with Gasteiger partial charge in [0.1, 0.15) is 5.82 Å². The molecule has 0 aliphatic carbocycles. The van der Waals surface area contributed by atoms with E-state index in [0.717, 1.165) is 30.7 Å². The molecular formula is C10H17N3OS. The van der Waals surface area contributed by atoms with Crippen molar-refractivity contribution in [3.8, 4) is 0 Å². The molecule has 0 saturated heterocycles. The fraction of sp³-hybridized carbons (Fsp3) is 0.600. The molecule has 1 rings (SSSR count). The molecule has 1 aromatic rings. The third kappa shape index (κ3) is 4.59. The van der Waals surface area contributed by atoms with E-state index in [0.29, 0.717) is 5.25 Å². The smallest absolute Gasteiger partial charge is 0.129 e. The van der Waals surface area contributed by atoms with Crippen LogP contribution in [0.1, 0.15) is 24.2 Å². The van der Waals surface area contributed by atoms with E-state index >= 15 is 0 Å². The zero-order chi connectivity index (χ0) is 11.1. The van der Waals surface area contributed by atoms with E-state index in [9.17, 15) is 0 Å². The Balaban J connectivity index is 2.47. The van der Waals surface area contributed by atoms with Crippen LogP contribution in [0.15, 0.2) is 12.4 Å². The molecule has 0 aliphatic heterocycles. The van der Waals surface area contributed by atoms with E-state index in [-0.39, 0.29) is 6.61 Å². The van der Waals surface area contributed by atoms with Crippen LogP contribution in [0.2, 0.25) is 0 Å². The molecule has 0 amide bonds. The molecule has 5 heteroatoms. The van der Waals surface area contributed by atoms with Gasteiger partial charge in [0.05, 0.1) is 0 Å². The topological polar surface area (TPSA) is 72.0 Å². The van der Waals surface area contributed by atoms with Crippen molar-refractivity contribution in [2.45, 2.75) is 31.4 Å². The Kier molecular flexibility index (Phi) is 5.60. The van der Waals surface area contributed by atoms with Crippen molar-refractivity contribution in [1.29, 1.82) is 0 Å². The predicted molar refractivity (Wildman–Crippen MR) is 62.4 cm³/mol. The van der Waals surface area contributed by atoms with E-state index in [1.165, 1.54) is 11.9 Å². The van der Waals surface area contributed by atoms with Crippen LogP contribution in [-0.2, 0) is 6.42 Å². The second-order valence-corrected chi connectivity index (χ2v) is 4.44. The molecule has 1 heterocycles. The van der Waals surface area contributed by atoms with Gasteiger partial charge in [-0.15, -0.1) is 0 Å². The van der Waals surface area contributed by atoms with Crippen LogP contribution in [-0.4, -0.2) is 26.9 Å². The van der Waals surface area contributed by atoms with E-state index in [1.807, 2.05) is 19.3 Å². The lowest BCUT2D eigenvalue weighted by molar-refractivity contribution is 0.284. The summed E-state index contributed by atoms with van der Waals surface area (Å²) in [5, 5.41) is 14.6. The molecule has 0 saturated carbocycles. The maximum atomic E-state index is 8.73. The summed E-state index contributed by atoms with van der Waals surface area (Å²) in [6.45, 7) is 2.18. The fourth-order valence-electron chi connectivity index (χ4n) is 1.27. The molecule has 84 valence electrons. The Morgan fingerprint density at radius 1 is 1.47 bits per heavy atom. The number of hydrogen-bond donors (Lipinski definition) is 2. The summed E-state index contributed by atoms with van der Waals surface area (Å²) in [6.07, 6.45) is 6.07. The molecule has 0 radical (unpaired) electrons. The maximum absolute atomic E-state index is 8.73. The first-order valence-corrected chi connectivity index (χ1v) is 5.94. The third-order valence-electron chi connectivity index (χ3n) is 2.12. The molecule has 3 N–H and O–H groups in total. The normalized spacial score (nSPS) is 12.7. The minimum Gasteiger partial charge on any atom is -0.396 e. The lowest BCUT2D eigenvalue weighted by Crippen LogP contribution is -2.12. The highest BCUT2D eigenvalue weighted by molar-refractivity contribution is 7.97. The minimum absolute atomic E-state index is 0.214. The molecular weight excluding hydrogens is 210 g/mol. The quantitative estimate of drug-likeness (QED) is 0.711. The van der Waals surface area contributed by atoms with E-state index < -0.39 is 0 Å². The molecule has 0 bridgehead atoms. The van der Waals surface area contributed by atoms with Crippen molar-refractivity contribution < 1.29 is 5.11 Å². The number of nitrogens with zero attached hydrogens (tertiary/aromatic N) is 2. The maximum Gasteiger partial charge on any atom is 0.129 e. The van der Waals surface area contributed by atoms with Crippen LogP contribution in [0.4, 0.5) is 0 Å². The Morgan fingerprint density at radius 3 is 2.67 bits per heavy atom. The highest BCUT2D eigenvalue weighted by atomic mass is 32.2. The van der Waals surface area contributed by atoms with E-state index in [1.54, 1.807) is 0 Å². The van der Waals surface area contributed by atoms with Crippen LogP contribution >= 0.6 is 11.9 Å². The second-order valence-electron chi connectivity index (χ2n) is 3.50. The molecule has 0 spiro atoms. The lowest BCUT2D eigenvalue weighted by atomic mass is 10.2. The largest absolute Gasteiger partial charge is 0.396 e. The number of aryl methyl sites for hydroxylation is 1. The highest BCUT2D eigenvalue weighted by Gasteiger charge is 2.10. The molecule has 1 aromatic heterocycles. The Hall–Kier alpha value is -0.650. The summed E-state index contributed by atoms with van der Waals surface area (Å²) in [4.78, 5) is 8.46. The average Bonchev–Trinajstić information content (AvgIpc) is 2.27. The second kappa shape index (κ2) is 6.76. The van der Waals surface area contributed by atoms with Gasteiger partial charge in [-0.3, -0.25) is 5.14 Å². The first-order valence-electron chi connectivity index (χ1n) is 5.00. The zero-order valence-corrected chi connectivity index (χ0v) is 9.70. The Bertz CT molecular complexity index is 279. The number of rotatable bonds is 6. The van der Waals surface area contributed by atoms with Gasteiger partial charge >= 0.3 is 0 Å². The Morgan fingerprint density at radius 2 is 2.13 bits per heavy atom. The van der Waals surface area contributed by atoms with Crippen molar-refractivity contribution in [2.24, 2.45) is 5.14 Å². The van der Waals surface area contributed by atoms with Gasteiger partial charge < -0.3 is 5.11 Å². The van der Waals surface area contributed by atoms with Crippen molar-refractivity contribution in [3.63, 3.8) is 0 Å². The van der Waals surface area contributed by atoms with Crippen LogP contribution in [0, 0.1) is 6.92 Å². The lowest BCUT2D eigenvalue weighted by Gasteiger charge is -2.11. The monoisotopic (exact) mass is 227 g/mol. The van der Waals surface area contributed by atoms with Crippen LogP contribution in [0.5, 0.6) is 0 Å². The average molecular weight is 227 g/mol. The Labute approximate surface area is 94.5 Å². The number of aliphatic hydroxyl groups is 1. The third-order valence-corrected chi connectivity index (χ3v) is 2.91. The first kappa shape index (κ1) is 12.4. The number of hydrogen-bond acceptors (Lipinski definition) is 5. The molecule has 0 aliphatic rings. The number of nitrogens with two attached hydrogens (primary N) is 1. The number of aromatic nitrogens is 2. The summed E-state index contributed by atoms with van der Waals surface area (Å²) in [5.41, 5.74) is 1.06. The molecule has 0 fully saturated rings. The van der Waals surface area contributed by atoms with Gasteiger partial charge in [-0.05, 0) is 25.3 Å². The summed E-state index contributed by atoms with van der Waals surface area (Å²) in [7, 11) is 0. The molecule has 15 heavy (non-hydrogen) atoms. The van der Waals surface area contributed by atoms with Crippen molar-refractivity contribution in [2.75, 3.05) is 6.61 Å². The fourth-order valence-corrected chi connectivity index (χ4v) is 1.81. The first-order chi connectivity index (χ1) is 7.26. The molecule has 0 aromatic carbocycles. The standard InChI is InChI=1S/C10H17N3OS/c1-8-6-12-10(13-7-8)5-9(15-11)3-2-4-14/h6-7,9,14H,2-5,11H2,1H3. The van der Waals surface area contributed by atoms with Crippen molar-refractivity contribution in [3.05, 3.63) is 23.8 Å². The van der Waals surface area contributed by atoms with Gasteiger partial charge in [-0.1, -0.05) is 11.9 Å². The SMILES string of the molecule is Cc1cnc(CC(CCCO)SN)nc1.